The Hall–Kier alpha value is -2.95. The first kappa shape index (κ1) is 13.1. The van der Waals surface area contributed by atoms with Crippen molar-refractivity contribution >= 4 is 16.6 Å². The van der Waals surface area contributed by atoms with E-state index in [0.29, 0.717) is 10.9 Å². The van der Waals surface area contributed by atoms with Crippen molar-refractivity contribution in [3.63, 3.8) is 0 Å². The van der Waals surface area contributed by atoms with Gasteiger partial charge in [-0.05, 0) is 29.7 Å². The summed E-state index contributed by atoms with van der Waals surface area (Å²) in [5.41, 5.74) is 2.38. The molecule has 0 spiro atoms. The molecule has 21 heavy (non-hydrogen) atoms. The van der Waals surface area contributed by atoms with Crippen LogP contribution in [0.3, 0.4) is 0 Å². The molecule has 2 aromatic carbocycles. The van der Waals surface area contributed by atoms with E-state index in [4.69, 9.17) is 0 Å². The van der Waals surface area contributed by atoms with Crippen LogP contribution in [0.5, 0.6) is 5.75 Å². The quantitative estimate of drug-likeness (QED) is 0.589. The molecule has 0 radical (unpaired) electrons. The van der Waals surface area contributed by atoms with Gasteiger partial charge in [-0.1, -0.05) is 36.4 Å². The first-order valence-corrected chi connectivity index (χ1v) is 6.44. The van der Waals surface area contributed by atoms with Gasteiger partial charge in [0.1, 0.15) is 6.20 Å². The minimum absolute atomic E-state index is 0.337. The monoisotopic (exact) mass is 280 g/mol. The summed E-state index contributed by atoms with van der Waals surface area (Å²) >= 11 is 0. The fourth-order valence-corrected chi connectivity index (χ4v) is 2.29. The molecule has 0 saturated heterocycles. The molecule has 3 aromatic rings. The summed E-state index contributed by atoms with van der Waals surface area (Å²) in [6, 6.07) is 15.3. The minimum atomic E-state index is -0.639. The van der Waals surface area contributed by atoms with Gasteiger partial charge in [0.15, 0.2) is 0 Å². The van der Waals surface area contributed by atoms with Crippen LogP contribution in [0.15, 0.2) is 54.7 Å². The molecule has 1 aromatic heterocycles. The Kier molecular flexibility index (Phi) is 3.23. The van der Waals surface area contributed by atoms with E-state index in [-0.39, 0.29) is 11.4 Å². The molecule has 0 unspecified atom stereocenters. The van der Waals surface area contributed by atoms with E-state index >= 15 is 0 Å². The van der Waals surface area contributed by atoms with Crippen molar-refractivity contribution in [2.75, 3.05) is 0 Å². The number of pyridine rings is 1. The summed E-state index contributed by atoms with van der Waals surface area (Å²) in [5, 5.41) is 21.1. The molecule has 0 saturated carbocycles. The van der Waals surface area contributed by atoms with E-state index in [1.165, 1.54) is 5.56 Å². The molecule has 0 bridgehead atoms. The van der Waals surface area contributed by atoms with Crippen LogP contribution in [0.1, 0.15) is 11.1 Å². The summed E-state index contributed by atoms with van der Waals surface area (Å²) < 4.78 is 0. The number of rotatable bonds is 3. The van der Waals surface area contributed by atoms with Gasteiger partial charge in [0, 0.05) is 5.39 Å². The van der Waals surface area contributed by atoms with Gasteiger partial charge < -0.3 is 5.11 Å². The average molecular weight is 280 g/mol. The fourth-order valence-electron chi connectivity index (χ4n) is 2.29. The Labute approximate surface area is 120 Å². The van der Waals surface area contributed by atoms with Gasteiger partial charge in [0.05, 0.1) is 10.4 Å². The van der Waals surface area contributed by atoms with Gasteiger partial charge in [-0.2, -0.15) is 0 Å². The molecule has 1 heterocycles. The van der Waals surface area contributed by atoms with E-state index in [0.717, 1.165) is 18.2 Å². The van der Waals surface area contributed by atoms with Crippen molar-refractivity contribution in [3.05, 3.63) is 76.0 Å². The molecule has 0 amide bonds. The maximum atomic E-state index is 10.8. The molecule has 104 valence electrons. The van der Waals surface area contributed by atoms with Gasteiger partial charge in [-0.15, -0.1) is 0 Å². The third-order valence-electron chi connectivity index (χ3n) is 3.33. The molecule has 0 aliphatic carbocycles. The third kappa shape index (κ3) is 2.53. The summed E-state index contributed by atoms with van der Waals surface area (Å²) in [4.78, 5) is 14.2. The van der Waals surface area contributed by atoms with Crippen molar-refractivity contribution < 1.29 is 10.0 Å². The highest BCUT2D eigenvalue weighted by atomic mass is 16.6. The summed E-state index contributed by atoms with van der Waals surface area (Å²) in [6.45, 7) is 0. The SMILES string of the molecule is O=[N+]([O-])c1cnc2cc(Cc3ccccc3)ccc2c1O. The van der Waals surface area contributed by atoms with Gasteiger partial charge in [0.25, 0.3) is 0 Å². The van der Waals surface area contributed by atoms with Crippen LogP contribution in [0.4, 0.5) is 5.69 Å². The van der Waals surface area contributed by atoms with Crippen LogP contribution >= 0.6 is 0 Å². The number of nitro groups is 1. The second kappa shape index (κ2) is 5.20. The summed E-state index contributed by atoms with van der Waals surface area (Å²) in [7, 11) is 0. The Bertz CT molecular complexity index is 816. The highest BCUT2D eigenvalue weighted by molar-refractivity contribution is 5.88. The van der Waals surface area contributed by atoms with E-state index in [9.17, 15) is 15.2 Å². The molecule has 5 heteroatoms. The summed E-state index contributed by atoms with van der Waals surface area (Å²) in [6.07, 6.45) is 1.83. The predicted molar refractivity (Wildman–Crippen MR) is 79.3 cm³/mol. The lowest BCUT2D eigenvalue weighted by atomic mass is 10.0. The van der Waals surface area contributed by atoms with Crippen molar-refractivity contribution in [1.82, 2.24) is 4.98 Å². The zero-order valence-corrected chi connectivity index (χ0v) is 11.1. The van der Waals surface area contributed by atoms with Crippen LogP contribution in [0.2, 0.25) is 0 Å². The van der Waals surface area contributed by atoms with Crippen LogP contribution in [0.25, 0.3) is 10.9 Å². The van der Waals surface area contributed by atoms with E-state index in [1.807, 2.05) is 42.5 Å². The number of hydrogen-bond donors (Lipinski definition) is 1. The fraction of sp³-hybridized carbons (Fsp3) is 0.0625. The molecule has 0 fully saturated rings. The Morgan fingerprint density at radius 1 is 1.10 bits per heavy atom. The lowest BCUT2D eigenvalue weighted by molar-refractivity contribution is -0.386. The van der Waals surface area contributed by atoms with Crippen molar-refractivity contribution in [2.45, 2.75) is 6.42 Å². The average Bonchev–Trinajstić information content (AvgIpc) is 2.48. The molecule has 1 N–H and O–H groups in total. The van der Waals surface area contributed by atoms with Gasteiger partial charge in [-0.3, -0.25) is 10.1 Å². The Morgan fingerprint density at radius 2 is 1.86 bits per heavy atom. The molecule has 0 aliphatic rings. The van der Waals surface area contributed by atoms with Crippen LogP contribution in [0, 0.1) is 10.1 Å². The molecule has 0 aliphatic heterocycles. The van der Waals surface area contributed by atoms with Gasteiger partial charge in [0.2, 0.25) is 5.75 Å². The number of aromatic nitrogens is 1. The first-order chi connectivity index (χ1) is 10.1. The van der Waals surface area contributed by atoms with Crippen LogP contribution in [-0.4, -0.2) is 15.0 Å². The number of fused-ring (bicyclic) bond motifs is 1. The Morgan fingerprint density at radius 3 is 2.57 bits per heavy atom. The number of hydrogen-bond acceptors (Lipinski definition) is 4. The minimum Gasteiger partial charge on any atom is -0.502 e. The second-order valence-corrected chi connectivity index (χ2v) is 4.76. The normalized spacial score (nSPS) is 10.7. The van der Waals surface area contributed by atoms with Crippen molar-refractivity contribution in [2.24, 2.45) is 0 Å². The van der Waals surface area contributed by atoms with Gasteiger partial charge in [-0.25, -0.2) is 4.98 Å². The van der Waals surface area contributed by atoms with E-state index in [1.54, 1.807) is 6.07 Å². The maximum absolute atomic E-state index is 10.8. The molecule has 5 nitrogen and oxygen atoms in total. The zero-order valence-electron chi connectivity index (χ0n) is 11.1. The largest absolute Gasteiger partial charge is 0.502 e. The number of benzene rings is 2. The summed E-state index contributed by atoms with van der Waals surface area (Å²) in [5.74, 6) is -0.337. The molecule has 0 atom stereocenters. The van der Waals surface area contributed by atoms with Crippen molar-refractivity contribution in [3.8, 4) is 5.75 Å². The predicted octanol–water partition coefficient (Wildman–Crippen LogP) is 3.44. The Balaban J connectivity index is 2.02. The lowest BCUT2D eigenvalue weighted by Gasteiger charge is -2.05. The molecular formula is C16H12N2O3. The first-order valence-electron chi connectivity index (χ1n) is 6.44. The molecule has 3 rings (SSSR count). The van der Waals surface area contributed by atoms with Gasteiger partial charge >= 0.3 is 5.69 Å². The number of aromatic hydroxyl groups is 1. The van der Waals surface area contributed by atoms with Crippen LogP contribution < -0.4 is 0 Å². The van der Waals surface area contributed by atoms with E-state index < -0.39 is 4.92 Å². The van der Waals surface area contributed by atoms with Crippen molar-refractivity contribution in [1.29, 1.82) is 0 Å². The lowest BCUT2D eigenvalue weighted by Crippen LogP contribution is -1.93. The highest BCUT2D eigenvalue weighted by Gasteiger charge is 2.17. The highest BCUT2D eigenvalue weighted by Crippen LogP contribution is 2.32. The smallest absolute Gasteiger partial charge is 0.329 e. The second-order valence-electron chi connectivity index (χ2n) is 4.76. The zero-order chi connectivity index (χ0) is 14.8. The third-order valence-corrected chi connectivity index (χ3v) is 3.33. The standard InChI is InChI=1S/C16H12N2O3/c19-16-13-7-6-12(8-11-4-2-1-3-5-11)9-14(13)17-10-15(16)18(20)21/h1-7,9-10H,8H2,(H,17,19). The molecular weight excluding hydrogens is 268 g/mol. The van der Waals surface area contributed by atoms with E-state index in [2.05, 4.69) is 4.98 Å². The maximum Gasteiger partial charge on any atom is 0.329 e. The topological polar surface area (TPSA) is 76.3 Å². The number of nitrogens with zero attached hydrogens (tertiary/aromatic N) is 2. The van der Waals surface area contributed by atoms with Crippen LogP contribution in [-0.2, 0) is 6.42 Å².